The van der Waals surface area contributed by atoms with Crippen LogP contribution in [0.15, 0.2) is 66.7 Å². The van der Waals surface area contributed by atoms with Crippen LogP contribution in [0.2, 0.25) is 0 Å². The molecule has 0 bridgehead atoms. The Labute approximate surface area is 166 Å². The Bertz CT molecular complexity index is 905. The van der Waals surface area contributed by atoms with Crippen LogP contribution in [-0.2, 0) is 16.1 Å². The monoisotopic (exact) mass is 378 g/mol. The summed E-state index contributed by atoms with van der Waals surface area (Å²) in [6.45, 7) is 4.79. The Hall–Kier alpha value is -2.85. The maximum Gasteiger partial charge on any atom is 0.342 e. The molecule has 146 valence electrons. The van der Waals surface area contributed by atoms with Crippen LogP contribution < -0.4 is 4.74 Å². The van der Waals surface area contributed by atoms with Gasteiger partial charge in [-0.2, -0.15) is 0 Å². The summed E-state index contributed by atoms with van der Waals surface area (Å²) < 4.78 is 17.4. The van der Waals surface area contributed by atoms with E-state index >= 15 is 0 Å². The molecule has 0 aliphatic heterocycles. The number of carbonyl (C=O) groups excluding carboxylic acids is 1. The largest absolute Gasteiger partial charge is 0.464 e. The van der Waals surface area contributed by atoms with Crippen LogP contribution in [0.4, 0.5) is 0 Å². The third kappa shape index (κ3) is 4.90. The minimum Gasteiger partial charge on any atom is -0.464 e. The minimum atomic E-state index is -0.459. The molecular weight excluding hydrogens is 352 g/mol. The zero-order valence-electron chi connectivity index (χ0n) is 16.4. The van der Waals surface area contributed by atoms with Gasteiger partial charge in [-0.3, -0.25) is 0 Å². The molecule has 3 aromatic carbocycles. The summed E-state index contributed by atoms with van der Waals surface area (Å²) >= 11 is 0. The zero-order valence-corrected chi connectivity index (χ0v) is 16.4. The van der Waals surface area contributed by atoms with Gasteiger partial charge in [0.2, 0.25) is 0 Å². The first-order valence-electron chi connectivity index (χ1n) is 9.74. The number of ether oxygens (including phenoxy) is 3. The maximum atomic E-state index is 12.7. The molecular formula is C24H26O4. The lowest BCUT2D eigenvalue weighted by molar-refractivity contribution is -0.0908. The fourth-order valence-electron chi connectivity index (χ4n) is 2.97. The van der Waals surface area contributed by atoms with Gasteiger partial charge in [0.1, 0.15) is 11.3 Å². The second-order valence-electron chi connectivity index (χ2n) is 6.55. The molecule has 0 amide bonds. The first-order valence-corrected chi connectivity index (χ1v) is 9.74. The number of hydrogen-bond donors (Lipinski definition) is 0. The van der Waals surface area contributed by atoms with E-state index in [1.54, 1.807) is 0 Å². The summed E-state index contributed by atoms with van der Waals surface area (Å²) in [6, 6.07) is 21.5. The van der Waals surface area contributed by atoms with Gasteiger partial charge in [-0.1, -0.05) is 74.5 Å². The van der Waals surface area contributed by atoms with Crippen LogP contribution in [0, 0.1) is 0 Å². The Morgan fingerprint density at radius 1 is 0.929 bits per heavy atom. The van der Waals surface area contributed by atoms with Crippen molar-refractivity contribution in [1.29, 1.82) is 0 Å². The van der Waals surface area contributed by atoms with Crippen LogP contribution >= 0.6 is 0 Å². The van der Waals surface area contributed by atoms with Crippen molar-refractivity contribution >= 4 is 16.7 Å². The fraction of sp³-hybridized carbons (Fsp3) is 0.292. The van der Waals surface area contributed by atoms with Crippen LogP contribution in [0.1, 0.15) is 42.6 Å². The fourth-order valence-corrected chi connectivity index (χ4v) is 2.97. The zero-order chi connectivity index (χ0) is 19.8. The highest BCUT2D eigenvalue weighted by Gasteiger charge is 2.20. The summed E-state index contributed by atoms with van der Waals surface area (Å²) in [6.07, 6.45) is 0.965. The highest BCUT2D eigenvalue weighted by molar-refractivity contribution is 6.07. The molecule has 0 saturated heterocycles. The molecule has 0 aromatic heterocycles. The first-order chi connectivity index (χ1) is 13.7. The van der Waals surface area contributed by atoms with E-state index in [1.165, 1.54) is 0 Å². The third-order valence-corrected chi connectivity index (χ3v) is 4.40. The Morgan fingerprint density at radius 3 is 2.43 bits per heavy atom. The summed E-state index contributed by atoms with van der Waals surface area (Å²) in [5, 5.41) is 1.79. The van der Waals surface area contributed by atoms with Crippen molar-refractivity contribution in [2.45, 2.75) is 39.6 Å². The van der Waals surface area contributed by atoms with E-state index in [9.17, 15) is 4.79 Å². The summed E-state index contributed by atoms with van der Waals surface area (Å²) in [5.41, 5.74) is 1.53. The Kier molecular flexibility index (Phi) is 7.04. The van der Waals surface area contributed by atoms with E-state index in [0.29, 0.717) is 30.9 Å². The number of esters is 1. The van der Waals surface area contributed by atoms with E-state index < -0.39 is 6.29 Å². The molecule has 0 aliphatic rings. The average Bonchev–Trinajstić information content (AvgIpc) is 2.75. The molecule has 3 rings (SSSR count). The van der Waals surface area contributed by atoms with Crippen LogP contribution in [0.5, 0.6) is 5.75 Å². The third-order valence-electron chi connectivity index (χ3n) is 4.40. The molecule has 0 radical (unpaired) electrons. The molecule has 4 nitrogen and oxygen atoms in total. The lowest BCUT2D eigenvalue weighted by Crippen LogP contribution is -2.21. The van der Waals surface area contributed by atoms with Crippen LogP contribution in [-0.4, -0.2) is 18.9 Å². The lowest BCUT2D eigenvalue weighted by Gasteiger charge is -2.21. The second kappa shape index (κ2) is 9.90. The summed E-state index contributed by atoms with van der Waals surface area (Å²) in [5.74, 6) is 0.117. The molecule has 0 fully saturated rings. The highest BCUT2D eigenvalue weighted by Crippen LogP contribution is 2.30. The van der Waals surface area contributed by atoms with E-state index in [-0.39, 0.29) is 5.97 Å². The molecule has 0 saturated carbocycles. The van der Waals surface area contributed by atoms with Gasteiger partial charge >= 0.3 is 5.97 Å². The number of benzene rings is 3. The van der Waals surface area contributed by atoms with Gasteiger partial charge in [0.05, 0.1) is 13.2 Å². The molecule has 4 heteroatoms. The van der Waals surface area contributed by atoms with Crippen molar-refractivity contribution < 1.29 is 19.0 Å². The van der Waals surface area contributed by atoms with Crippen molar-refractivity contribution in [3.05, 3.63) is 77.9 Å². The van der Waals surface area contributed by atoms with Crippen molar-refractivity contribution in [2.24, 2.45) is 0 Å². The molecule has 0 aliphatic carbocycles. The van der Waals surface area contributed by atoms with Crippen molar-refractivity contribution in [3.63, 3.8) is 0 Å². The van der Waals surface area contributed by atoms with E-state index in [4.69, 9.17) is 14.2 Å². The topological polar surface area (TPSA) is 44.8 Å². The van der Waals surface area contributed by atoms with Crippen molar-refractivity contribution in [2.75, 3.05) is 6.61 Å². The molecule has 0 spiro atoms. The van der Waals surface area contributed by atoms with E-state index in [1.807, 2.05) is 80.6 Å². The molecule has 28 heavy (non-hydrogen) atoms. The second-order valence-corrected chi connectivity index (χ2v) is 6.55. The predicted molar refractivity (Wildman–Crippen MR) is 110 cm³/mol. The SMILES string of the molecule is CCCOC(=O)c1c(O[C@@H](CC)OCc2ccccc2)ccc2ccccc12. The maximum absolute atomic E-state index is 12.7. The molecule has 0 heterocycles. The normalized spacial score (nSPS) is 11.9. The summed E-state index contributed by atoms with van der Waals surface area (Å²) in [7, 11) is 0. The summed E-state index contributed by atoms with van der Waals surface area (Å²) in [4.78, 5) is 12.7. The highest BCUT2D eigenvalue weighted by atomic mass is 16.7. The predicted octanol–water partition coefficient (Wildman–Crippen LogP) is 5.74. The molecule has 0 unspecified atom stereocenters. The number of fused-ring (bicyclic) bond motifs is 1. The van der Waals surface area contributed by atoms with Gasteiger partial charge in [-0.05, 0) is 28.8 Å². The molecule has 1 atom stereocenters. The number of hydrogen-bond acceptors (Lipinski definition) is 4. The van der Waals surface area contributed by atoms with E-state index in [0.717, 1.165) is 22.8 Å². The van der Waals surface area contributed by atoms with Crippen molar-refractivity contribution in [3.8, 4) is 5.75 Å². The van der Waals surface area contributed by atoms with E-state index in [2.05, 4.69) is 0 Å². The Morgan fingerprint density at radius 2 is 1.68 bits per heavy atom. The van der Waals surface area contributed by atoms with Gasteiger partial charge in [0, 0.05) is 6.42 Å². The van der Waals surface area contributed by atoms with Gasteiger partial charge in [-0.25, -0.2) is 4.79 Å². The lowest BCUT2D eigenvalue weighted by atomic mass is 10.0. The first kappa shape index (κ1) is 19.9. The number of carbonyl (C=O) groups is 1. The van der Waals surface area contributed by atoms with Crippen LogP contribution in [0.25, 0.3) is 10.8 Å². The quantitative estimate of drug-likeness (QED) is 0.352. The Balaban J connectivity index is 1.84. The standard InChI is InChI=1S/C24H26O4/c1-3-16-26-24(25)23-20-13-9-8-12-19(20)14-15-21(23)28-22(4-2)27-17-18-10-6-5-7-11-18/h5-15,22H,3-4,16-17H2,1-2H3/t22-/m0/s1. The van der Waals surface area contributed by atoms with Gasteiger partial charge in [0.15, 0.2) is 6.29 Å². The van der Waals surface area contributed by atoms with Crippen LogP contribution in [0.3, 0.4) is 0 Å². The minimum absolute atomic E-state index is 0.369. The smallest absolute Gasteiger partial charge is 0.342 e. The van der Waals surface area contributed by atoms with Gasteiger partial charge in [0.25, 0.3) is 0 Å². The molecule has 3 aromatic rings. The van der Waals surface area contributed by atoms with Gasteiger partial charge in [-0.15, -0.1) is 0 Å². The average molecular weight is 378 g/mol. The molecule has 0 N–H and O–H groups in total. The van der Waals surface area contributed by atoms with Gasteiger partial charge < -0.3 is 14.2 Å². The van der Waals surface area contributed by atoms with Crippen molar-refractivity contribution in [1.82, 2.24) is 0 Å². The number of rotatable bonds is 9.